The van der Waals surface area contributed by atoms with Crippen molar-refractivity contribution < 1.29 is 14.7 Å². The molecule has 0 aliphatic carbocycles. The van der Waals surface area contributed by atoms with E-state index in [1.54, 1.807) is 6.08 Å². The van der Waals surface area contributed by atoms with Gasteiger partial charge in [-0.1, -0.05) is 17.8 Å². The van der Waals surface area contributed by atoms with Crippen LogP contribution >= 0.6 is 11.8 Å². The van der Waals surface area contributed by atoms with Crippen LogP contribution in [0.15, 0.2) is 23.1 Å². The molecule has 1 N–H and O–H groups in total. The van der Waals surface area contributed by atoms with Gasteiger partial charge >= 0.3 is 5.97 Å². The monoisotopic (exact) mass is 170 g/mol. The molecule has 1 heterocycles. The molecule has 4 heteroatoms. The Bertz CT molecular complexity index is 252. The third kappa shape index (κ3) is 2.59. The van der Waals surface area contributed by atoms with E-state index in [2.05, 4.69) is 0 Å². The van der Waals surface area contributed by atoms with Crippen LogP contribution in [0.3, 0.4) is 0 Å². The Morgan fingerprint density at radius 2 is 2.45 bits per heavy atom. The van der Waals surface area contributed by atoms with Crippen molar-refractivity contribution in [2.45, 2.75) is 6.42 Å². The molecule has 0 unspecified atom stereocenters. The van der Waals surface area contributed by atoms with E-state index in [1.165, 1.54) is 6.08 Å². The number of hydrogen-bond donors (Lipinski definition) is 1. The van der Waals surface area contributed by atoms with Gasteiger partial charge in [-0.3, -0.25) is 4.79 Å². The smallest absolute Gasteiger partial charge is 0.328 e. The predicted octanol–water partition coefficient (Wildman–Crippen LogP) is 1.17. The Balaban J connectivity index is 2.51. The molecular weight excluding hydrogens is 164 g/mol. The SMILES string of the molecule is O=C(O)/C=C\C1=CCC(=O)S1. The zero-order valence-corrected chi connectivity index (χ0v) is 6.43. The molecular formula is C7H6O3S. The number of carbonyl (C=O) groups excluding carboxylic acids is 1. The van der Waals surface area contributed by atoms with Gasteiger partial charge in [-0.2, -0.15) is 0 Å². The van der Waals surface area contributed by atoms with Crippen LogP contribution in [0.2, 0.25) is 0 Å². The minimum atomic E-state index is -0.995. The van der Waals surface area contributed by atoms with Crippen molar-refractivity contribution in [2.24, 2.45) is 0 Å². The molecule has 0 amide bonds. The van der Waals surface area contributed by atoms with E-state index in [0.29, 0.717) is 6.42 Å². The molecule has 0 aromatic rings. The van der Waals surface area contributed by atoms with Crippen LogP contribution in [0.1, 0.15) is 6.42 Å². The molecule has 0 fully saturated rings. The lowest BCUT2D eigenvalue weighted by atomic mass is 10.4. The molecule has 0 bridgehead atoms. The van der Waals surface area contributed by atoms with Crippen LogP contribution in [-0.4, -0.2) is 16.2 Å². The van der Waals surface area contributed by atoms with Crippen molar-refractivity contribution >= 4 is 22.8 Å². The molecule has 1 aliphatic rings. The van der Waals surface area contributed by atoms with E-state index in [4.69, 9.17) is 5.11 Å². The number of rotatable bonds is 2. The summed E-state index contributed by atoms with van der Waals surface area (Å²) in [5.41, 5.74) is 0. The van der Waals surface area contributed by atoms with E-state index in [0.717, 1.165) is 22.7 Å². The van der Waals surface area contributed by atoms with Gasteiger partial charge in [0, 0.05) is 17.4 Å². The average Bonchev–Trinajstić information content (AvgIpc) is 2.31. The zero-order chi connectivity index (χ0) is 8.27. The number of aliphatic carboxylic acids is 1. The molecule has 1 rings (SSSR count). The number of carboxylic acids is 1. The Hall–Kier alpha value is -1.03. The number of carbonyl (C=O) groups is 2. The second-order valence-corrected chi connectivity index (χ2v) is 3.09. The standard InChI is InChI=1S/C7H6O3S/c8-6(9)3-1-5-2-4-7(10)11-5/h1-3H,4H2,(H,8,9)/b3-1-. The van der Waals surface area contributed by atoms with Gasteiger partial charge in [0.15, 0.2) is 5.12 Å². The summed E-state index contributed by atoms with van der Waals surface area (Å²) >= 11 is 1.08. The predicted molar refractivity (Wildman–Crippen MR) is 42.1 cm³/mol. The molecule has 0 aromatic carbocycles. The van der Waals surface area contributed by atoms with Crippen molar-refractivity contribution in [1.29, 1.82) is 0 Å². The van der Waals surface area contributed by atoms with E-state index >= 15 is 0 Å². The lowest BCUT2D eigenvalue weighted by Gasteiger charge is -1.85. The highest BCUT2D eigenvalue weighted by Gasteiger charge is 2.10. The summed E-state index contributed by atoms with van der Waals surface area (Å²) in [4.78, 5) is 21.4. The summed E-state index contributed by atoms with van der Waals surface area (Å²) < 4.78 is 0. The molecule has 0 spiro atoms. The fourth-order valence-corrected chi connectivity index (χ4v) is 1.39. The largest absolute Gasteiger partial charge is 0.478 e. The molecule has 0 radical (unpaired) electrons. The average molecular weight is 170 g/mol. The highest BCUT2D eigenvalue weighted by atomic mass is 32.2. The highest BCUT2D eigenvalue weighted by Crippen LogP contribution is 2.26. The van der Waals surface area contributed by atoms with Gasteiger partial charge in [0.05, 0.1) is 0 Å². The van der Waals surface area contributed by atoms with Gasteiger partial charge in [-0.05, 0) is 6.08 Å². The van der Waals surface area contributed by atoms with Crippen LogP contribution < -0.4 is 0 Å². The summed E-state index contributed by atoms with van der Waals surface area (Å²) in [6.45, 7) is 0. The van der Waals surface area contributed by atoms with E-state index < -0.39 is 5.97 Å². The summed E-state index contributed by atoms with van der Waals surface area (Å²) in [6, 6.07) is 0. The molecule has 0 aromatic heterocycles. The molecule has 58 valence electrons. The minimum Gasteiger partial charge on any atom is -0.478 e. The molecule has 1 aliphatic heterocycles. The van der Waals surface area contributed by atoms with Gasteiger partial charge in [0.25, 0.3) is 0 Å². The molecule has 0 atom stereocenters. The summed E-state index contributed by atoms with van der Waals surface area (Å²) in [5, 5.41) is 8.30. The van der Waals surface area contributed by atoms with Crippen LogP contribution in [-0.2, 0) is 9.59 Å². The van der Waals surface area contributed by atoms with Crippen LogP contribution in [0.4, 0.5) is 0 Å². The van der Waals surface area contributed by atoms with Crippen molar-refractivity contribution in [3.8, 4) is 0 Å². The number of allylic oxidation sites excluding steroid dienone is 2. The normalized spacial score (nSPS) is 17.5. The lowest BCUT2D eigenvalue weighted by molar-refractivity contribution is -0.131. The number of carboxylic acid groups (broad SMARTS) is 1. The van der Waals surface area contributed by atoms with Gasteiger partial charge in [-0.15, -0.1) is 0 Å². The van der Waals surface area contributed by atoms with E-state index in [-0.39, 0.29) is 5.12 Å². The maximum Gasteiger partial charge on any atom is 0.328 e. The van der Waals surface area contributed by atoms with Gasteiger partial charge in [0.1, 0.15) is 0 Å². The fourth-order valence-electron chi connectivity index (χ4n) is 0.654. The van der Waals surface area contributed by atoms with Crippen LogP contribution in [0, 0.1) is 0 Å². The second-order valence-electron chi connectivity index (χ2n) is 1.96. The summed E-state index contributed by atoms with van der Waals surface area (Å²) in [5.74, 6) is -0.995. The molecule has 11 heavy (non-hydrogen) atoms. The van der Waals surface area contributed by atoms with Crippen molar-refractivity contribution in [2.75, 3.05) is 0 Å². The Labute approximate surface area is 67.8 Å². The summed E-state index contributed by atoms with van der Waals surface area (Å²) in [7, 11) is 0. The van der Waals surface area contributed by atoms with E-state index in [1.807, 2.05) is 0 Å². The number of hydrogen-bond acceptors (Lipinski definition) is 3. The van der Waals surface area contributed by atoms with Gasteiger partial charge in [-0.25, -0.2) is 4.79 Å². The second kappa shape index (κ2) is 3.39. The maximum atomic E-state index is 10.6. The van der Waals surface area contributed by atoms with Crippen molar-refractivity contribution in [3.63, 3.8) is 0 Å². The van der Waals surface area contributed by atoms with Crippen LogP contribution in [0.25, 0.3) is 0 Å². The fraction of sp³-hybridized carbons (Fsp3) is 0.143. The first-order valence-corrected chi connectivity index (χ1v) is 3.82. The van der Waals surface area contributed by atoms with Crippen molar-refractivity contribution in [3.05, 3.63) is 23.1 Å². The quantitative estimate of drug-likeness (QED) is 0.632. The topological polar surface area (TPSA) is 54.4 Å². The first kappa shape index (κ1) is 8.07. The van der Waals surface area contributed by atoms with Gasteiger partial charge in [0.2, 0.25) is 0 Å². The minimum absolute atomic E-state index is 0.0649. The molecule has 3 nitrogen and oxygen atoms in total. The molecule has 0 saturated heterocycles. The third-order valence-corrected chi connectivity index (χ3v) is 2.02. The summed E-state index contributed by atoms with van der Waals surface area (Å²) in [6.07, 6.45) is 4.58. The maximum absolute atomic E-state index is 10.6. The lowest BCUT2D eigenvalue weighted by Crippen LogP contribution is -1.85. The Morgan fingerprint density at radius 1 is 1.73 bits per heavy atom. The van der Waals surface area contributed by atoms with E-state index in [9.17, 15) is 9.59 Å². The van der Waals surface area contributed by atoms with Crippen LogP contribution in [0.5, 0.6) is 0 Å². The third-order valence-electron chi connectivity index (χ3n) is 1.09. The Kier molecular flexibility index (Phi) is 2.48. The first-order chi connectivity index (χ1) is 5.18. The highest BCUT2D eigenvalue weighted by molar-refractivity contribution is 8.17. The first-order valence-electron chi connectivity index (χ1n) is 3.00. The Morgan fingerprint density at radius 3 is 2.91 bits per heavy atom. The molecule has 0 saturated carbocycles. The van der Waals surface area contributed by atoms with Crippen molar-refractivity contribution in [1.82, 2.24) is 0 Å². The van der Waals surface area contributed by atoms with Gasteiger partial charge < -0.3 is 5.11 Å². The number of thioether (sulfide) groups is 1. The zero-order valence-electron chi connectivity index (χ0n) is 5.61.